The van der Waals surface area contributed by atoms with Crippen LogP contribution in [0.4, 0.5) is 5.69 Å². The molecule has 0 atom stereocenters. The third-order valence-corrected chi connectivity index (χ3v) is 3.26. The second-order valence-corrected chi connectivity index (χ2v) is 5.56. The molecule has 94 valence electrons. The maximum Gasteiger partial charge on any atom is 0.224 e. The molecule has 2 heteroatoms. The van der Waals surface area contributed by atoms with E-state index in [-0.39, 0.29) is 11.3 Å². The molecule has 0 aliphatic heterocycles. The number of hydrogen-bond acceptors (Lipinski definition) is 1. The van der Waals surface area contributed by atoms with E-state index < -0.39 is 0 Å². The maximum atomic E-state index is 11.9. The summed E-state index contributed by atoms with van der Waals surface area (Å²) in [5.74, 6) is 0.102. The Kier molecular flexibility index (Phi) is 4.33. The van der Waals surface area contributed by atoms with Gasteiger partial charge in [0.1, 0.15) is 0 Å². The lowest BCUT2D eigenvalue weighted by Crippen LogP contribution is -2.22. The Morgan fingerprint density at radius 1 is 1.29 bits per heavy atom. The van der Waals surface area contributed by atoms with E-state index >= 15 is 0 Å². The minimum Gasteiger partial charge on any atom is -0.326 e. The first-order valence-corrected chi connectivity index (χ1v) is 6.21. The van der Waals surface area contributed by atoms with Crippen LogP contribution in [-0.2, 0) is 4.79 Å². The fourth-order valence-corrected chi connectivity index (χ4v) is 1.62. The fourth-order valence-electron chi connectivity index (χ4n) is 1.62. The Bertz CT molecular complexity index is 407. The van der Waals surface area contributed by atoms with Crippen LogP contribution >= 0.6 is 0 Å². The van der Waals surface area contributed by atoms with Crippen molar-refractivity contribution in [3.05, 3.63) is 29.3 Å². The molecule has 0 saturated carbocycles. The largest absolute Gasteiger partial charge is 0.326 e. The van der Waals surface area contributed by atoms with Crippen molar-refractivity contribution in [3.63, 3.8) is 0 Å². The average Bonchev–Trinajstić information content (AvgIpc) is 2.23. The number of aryl methyl sites for hydroxylation is 2. The summed E-state index contributed by atoms with van der Waals surface area (Å²) in [7, 11) is 0. The van der Waals surface area contributed by atoms with Crippen molar-refractivity contribution in [3.8, 4) is 0 Å². The van der Waals surface area contributed by atoms with Crippen molar-refractivity contribution in [1.82, 2.24) is 0 Å². The molecule has 2 nitrogen and oxygen atoms in total. The Hall–Kier alpha value is -1.31. The molecule has 1 N–H and O–H groups in total. The molecular weight excluding hydrogens is 210 g/mol. The number of rotatable bonds is 4. The summed E-state index contributed by atoms with van der Waals surface area (Å²) in [6.45, 7) is 10.4. The maximum absolute atomic E-state index is 11.9. The third-order valence-electron chi connectivity index (χ3n) is 3.26. The molecule has 1 rings (SSSR count). The molecule has 0 spiro atoms. The summed E-state index contributed by atoms with van der Waals surface area (Å²) in [4.78, 5) is 11.9. The van der Waals surface area contributed by atoms with Crippen LogP contribution < -0.4 is 5.32 Å². The highest BCUT2D eigenvalue weighted by molar-refractivity contribution is 5.91. The molecule has 0 unspecified atom stereocenters. The summed E-state index contributed by atoms with van der Waals surface area (Å²) in [6, 6.07) is 6.11. The van der Waals surface area contributed by atoms with Crippen molar-refractivity contribution >= 4 is 11.6 Å². The van der Waals surface area contributed by atoms with Gasteiger partial charge < -0.3 is 5.32 Å². The summed E-state index contributed by atoms with van der Waals surface area (Å²) < 4.78 is 0. The molecule has 0 fully saturated rings. The zero-order chi connectivity index (χ0) is 13.1. The molecule has 1 aromatic carbocycles. The third kappa shape index (κ3) is 4.22. The van der Waals surface area contributed by atoms with Crippen LogP contribution in [-0.4, -0.2) is 5.91 Å². The smallest absolute Gasteiger partial charge is 0.224 e. The van der Waals surface area contributed by atoms with Gasteiger partial charge in [-0.3, -0.25) is 4.79 Å². The van der Waals surface area contributed by atoms with Crippen molar-refractivity contribution in [1.29, 1.82) is 0 Å². The predicted molar refractivity (Wildman–Crippen MR) is 73.2 cm³/mol. The number of nitrogens with one attached hydrogen (secondary N) is 1. The molecule has 0 saturated heterocycles. The summed E-state index contributed by atoms with van der Waals surface area (Å²) in [5, 5.41) is 3.00. The predicted octanol–water partition coefficient (Wildman–Crippen LogP) is 4.07. The number of benzene rings is 1. The highest BCUT2D eigenvalue weighted by Gasteiger charge is 2.19. The van der Waals surface area contributed by atoms with E-state index in [1.807, 2.05) is 26.0 Å². The molecule has 0 aliphatic carbocycles. The van der Waals surface area contributed by atoms with Crippen molar-refractivity contribution in [2.45, 2.75) is 47.5 Å². The summed E-state index contributed by atoms with van der Waals surface area (Å²) >= 11 is 0. The molecule has 0 aliphatic rings. The number of carbonyl (C=O) groups is 1. The zero-order valence-corrected chi connectivity index (χ0v) is 11.6. The van der Waals surface area contributed by atoms with Gasteiger partial charge in [-0.15, -0.1) is 0 Å². The van der Waals surface area contributed by atoms with Gasteiger partial charge in [0.05, 0.1) is 0 Å². The fraction of sp³-hybridized carbons (Fsp3) is 0.533. The first-order valence-electron chi connectivity index (χ1n) is 6.21. The lowest BCUT2D eigenvalue weighted by Gasteiger charge is -2.22. The second-order valence-electron chi connectivity index (χ2n) is 5.56. The van der Waals surface area contributed by atoms with Crippen LogP contribution in [0.2, 0.25) is 0 Å². The van der Waals surface area contributed by atoms with E-state index in [0.29, 0.717) is 6.42 Å². The lowest BCUT2D eigenvalue weighted by molar-refractivity contribution is -0.118. The van der Waals surface area contributed by atoms with Gasteiger partial charge in [-0.1, -0.05) is 39.3 Å². The van der Waals surface area contributed by atoms with E-state index in [0.717, 1.165) is 17.7 Å². The molecule has 0 aromatic heterocycles. The summed E-state index contributed by atoms with van der Waals surface area (Å²) in [6.07, 6.45) is 1.57. The number of hydrogen-bond donors (Lipinski definition) is 1. The lowest BCUT2D eigenvalue weighted by atomic mass is 9.86. The van der Waals surface area contributed by atoms with E-state index in [1.54, 1.807) is 0 Å². The van der Waals surface area contributed by atoms with Gasteiger partial charge in [-0.05, 0) is 36.5 Å². The number of carbonyl (C=O) groups excluding carboxylic acids is 1. The molecule has 0 radical (unpaired) electrons. The van der Waals surface area contributed by atoms with Crippen LogP contribution in [0.15, 0.2) is 18.2 Å². The Morgan fingerprint density at radius 3 is 2.53 bits per heavy atom. The van der Waals surface area contributed by atoms with E-state index in [1.165, 1.54) is 5.56 Å². The van der Waals surface area contributed by atoms with Crippen LogP contribution in [0.3, 0.4) is 0 Å². The van der Waals surface area contributed by atoms with E-state index in [4.69, 9.17) is 0 Å². The molecule has 0 bridgehead atoms. The molecule has 0 heterocycles. The van der Waals surface area contributed by atoms with Crippen LogP contribution in [0, 0.1) is 19.3 Å². The average molecular weight is 233 g/mol. The van der Waals surface area contributed by atoms with Gasteiger partial charge in [-0.25, -0.2) is 0 Å². The van der Waals surface area contributed by atoms with Gasteiger partial charge in [0.2, 0.25) is 5.91 Å². The molecular formula is C15H23NO. The highest BCUT2D eigenvalue weighted by atomic mass is 16.1. The highest BCUT2D eigenvalue weighted by Crippen LogP contribution is 2.25. The first kappa shape index (κ1) is 13.8. The molecule has 1 amide bonds. The Morgan fingerprint density at radius 2 is 1.94 bits per heavy atom. The number of amides is 1. The van der Waals surface area contributed by atoms with Gasteiger partial charge in [0.25, 0.3) is 0 Å². The SMILES string of the molecule is CCC(C)(C)CC(=O)Nc1cc(C)ccc1C. The van der Waals surface area contributed by atoms with E-state index in [2.05, 4.69) is 32.2 Å². The van der Waals surface area contributed by atoms with Crippen molar-refractivity contribution in [2.24, 2.45) is 5.41 Å². The zero-order valence-electron chi connectivity index (χ0n) is 11.6. The molecule has 17 heavy (non-hydrogen) atoms. The van der Waals surface area contributed by atoms with E-state index in [9.17, 15) is 4.79 Å². The van der Waals surface area contributed by atoms with Crippen LogP contribution in [0.25, 0.3) is 0 Å². The normalized spacial score (nSPS) is 11.4. The van der Waals surface area contributed by atoms with Gasteiger partial charge in [0.15, 0.2) is 0 Å². The Balaban J connectivity index is 2.71. The van der Waals surface area contributed by atoms with Crippen LogP contribution in [0.5, 0.6) is 0 Å². The molecule has 1 aromatic rings. The van der Waals surface area contributed by atoms with Crippen LogP contribution in [0.1, 0.15) is 44.7 Å². The standard InChI is InChI=1S/C15H23NO/c1-6-15(4,5)10-14(17)16-13-9-11(2)7-8-12(13)3/h7-9H,6,10H2,1-5H3,(H,16,17). The summed E-state index contributed by atoms with van der Waals surface area (Å²) in [5.41, 5.74) is 3.28. The number of anilines is 1. The van der Waals surface area contributed by atoms with Gasteiger partial charge >= 0.3 is 0 Å². The minimum absolute atomic E-state index is 0.0712. The monoisotopic (exact) mass is 233 g/mol. The van der Waals surface area contributed by atoms with Gasteiger partial charge in [-0.2, -0.15) is 0 Å². The minimum atomic E-state index is 0.0712. The first-order chi connectivity index (χ1) is 7.84. The Labute approximate surface area is 104 Å². The topological polar surface area (TPSA) is 29.1 Å². The van der Waals surface area contributed by atoms with Crippen molar-refractivity contribution < 1.29 is 4.79 Å². The van der Waals surface area contributed by atoms with Gasteiger partial charge in [0, 0.05) is 12.1 Å². The van der Waals surface area contributed by atoms with Crippen molar-refractivity contribution in [2.75, 3.05) is 5.32 Å². The second kappa shape index (κ2) is 5.35. The quantitative estimate of drug-likeness (QED) is 0.834.